The maximum Gasteiger partial charge on any atom is 0.308 e. The molecule has 1 fully saturated rings. The van der Waals surface area contributed by atoms with Gasteiger partial charge in [0.15, 0.2) is 0 Å². The van der Waals surface area contributed by atoms with Gasteiger partial charge in [-0.25, -0.2) is 0 Å². The third-order valence-electron chi connectivity index (χ3n) is 3.87. The fourth-order valence-electron chi connectivity index (χ4n) is 2.75. The van der Waals surface area contributed by atoms with Crippen molar-refractivity contribution in [3.05, 3.63) is 34.4 Å². The van der Waals surface area contributed by atoms with Crippen LogP contribution in [0.25, 0.3) is 10.9 Å². The number of nitrogens with zero attached hydrogens (tertiary/aromatic N) is 1. The number of carboxylic acid groups (broad SMARTS) is 1. The number of hydrogen-bond acceptors (Lipinski definition) is 2. The van der Waals surface area contributed by atoms with Crippen molar-refractivity contribution in [2.45, 2.75) is 12.8 Å². The molecule has 0 aliphatic carbocycles. The molecule has 0 spiro atoms. The zero-order chi connectivity index (χ0) is 15.0. The lowest BCUT2D eigenvalue weighted by Gasteiger charge is -2.30. The summed E-state index contributed by atoms with van der Waals surface area (Å²) in [6, 6.07) is 7.59. The number of aromatic amines is 1. The molecule has 1 amide bonds. The van der Waals surface area contributed by atoms with Crippen molar-refractivity contribution in [3.8, 4) is 0 Å². The second kappa shape index (κ2) is 5.52. The molecule has 1 unspecified atom stereocenters. The minimum Gasteiger partial charge on any atom is -0.481 e. The Bertz CT molecular complexity index is 710. The second-order valence-corrected chi connectivity index (χ2v) is 6.26. The minimum atomic E-state index is -0.826. The maximum atomic E-state index is 12.5. The Labute approximate surface area is 130 Å². The summed E-state index contributed by atoms with van der Waals surface area (Å²) in [4.78, 5) is 28.3. The molecular formula is C15H15BrN2O3. The molecule has 0 radical (unpaired) electrons. The van der Waals surface area contributed by atoms with Gasteiger partial charge in [-0.2, -0.15) is 0 Å². The average molecular weight is 351 g/mol. The van der Waals surface area contributed by atoms with Gasteiger partial charge in [-0.05, 0) is 31.0 Å². The molecule has 1 aliphatic rings. The Balaban J connectivity index is 1.84. The van der Waals surface area contributed by atoms with E-state index in [0.29, 0.717) is 18.7 Å². The van der Waals surface area contributed by atoms with Crippen LogP contribution in [0.15, 0.2) is 28.7 Å². The van der Waals surface area contributed by atoms with Crippen LogP contribution in [0.5, 0.6) is 0 Å². The molecule has 2 heterocycles. The molecular weight excluding hydrogens is 336 g/mol. The fraction of sp³-hybridized carbons (Fsp3) is 0.333. The van der Waals surface area contributed by atoms with Crippen molar-refractivity contribution in [2.24, 2.45) is 5.92 Å². The van der Waals surface area contributed by atoms with Gasteiger partial charge < -0.3 is 15.0 Å². The summed E-state index contributed by atoms with van der Waals surface area (Å²) >= 11 is 3.40. The standard InChI is InChI=1S/C15H15BrN2O3/c16-11-4-3-9-6-13(17-12(9)7-11)14(19)18-5-1-2-10(8-18)15(20)21/h3-4,6-7,10,17H,1-2,5,8H2,(H,20,21). The molecule has 1 saturated heterocycles. The number of carboxylic acids is 1. The first-order chi connectivity index (χ1) is 10.0. The highest BCUT2D eigenvalue weighted by molar-refractivity contribution is 9.10. The van der Waals surface area contributed by atoms with Crippen molar-refractivity contribution in [1.29, 1.82) is 0 Å². The summed E-state index contributed by atoms with van der Waals surface area (Å²) in [5, 5.41) is 10.1. The number of aliphatic carboxylic acids is 1. The number of nitrogens with one attached hydrogen (secondary N) is 1. The lowest BCUT2D eigenvalue weighted by molar-refractivity contribution is -0.143. The van der Waals surface area contributed by atoms with Gasteiger partial charge >= 0.3 is 5.97 Å². The molecule has 110 valence electrons. The van der Waals surface area contributed by atoms with E-state index in [1.165, 1.54) is 0 Å². The number of piperidine rings is 1. The molecule has 0 saturated carbocycles. The van der Waals surface area contributed by atoms with E-state index in [2.05, 4.69) is 20.9 Å². The van der Waals surface area contributed by atoms with Gasteiger partial charge in [0, 0.05) is 28.5 Å². The van der Waals surface area contributed by atoms with E-state index in [9.17, 15) is 9.59 Å². The van der Waals surface area contributed by atoms with Gasteiger partial charge in [-0.15, -0.1) is 0 Å². The zero-order valence-electron chi connectivity index (χ0n) is 11.3. The molecule has 5 nitrogen and oxygen atoms in total. The van der Waals surface area contributed by atoms with Crippen LogP contribution in [0.2, 0.25) is 0 Å². The van der Waals surface area contributed by atoms with Crippen molar-refractivity contribution in [2.75, 3.05) is 13.1 Å². The number of carbonyl (C=O) groups excluding carboxylic acids is 1. The van der Waals surface area contributed by atoms with Gasteiger partial charge in [0.25, 0.3) is 5.91 Å². The molecule has 2 N–H and O–H groups in total. The molecule has 21 heavy (non-hydrogen) atoms. The maximum absolute atomic E-state index is 12.5. The first-order valence-electron chi connectivity index (χ1n) is 6.85. The number of hydrogen-bond donors (Lipinski definition) is 2. The van der Waals surface area contributed by atoms with Gasteiger partial charge in [0.1, 0.15) is 5.69 Å². The molecule has 2 aromatic rings. The lowest BCUT2D eigenvalue weighted by atomic mass is 9.98. The Morgan fingerprint density at radius 2 is 2.14 bits per heavy atom. The molecule has 1 aromatic heterocycles. The van der Waals surface area contributed by atoms with E-state index in [1.54, 1.807) is 4.90 Å². The monoisotopic (exact) mass is 350 g/mol. The number of likely N-dealkylation sites (tertiary alicyclic amines) is 1. The predicted molar refractivity (Wildman–Crippen MR) is 82.3 cm³/mol. The fourth-order valence-corrected chi connectivity index (χ4v) is 3.11. The summed E-state index contributed by atoms with van der Waals surface area (Å²) in [6.45, 7) is 0.898. The number of H-pyrrole nitrogens is 1. The highest BCUT2D eigenvalue weighted by atomic mass is 79.9. The highest BCUT2D eigenvalue weighted by Crippen LogP contribution is 2.23. The van der Waals surface area contributed by atoms with Crippen LogP contribution in [-0.4, -0.2) is 40.0 Å². The van der Waals surface area contributed by atoms with Gasteiger partial charge in [-0.1, -0.05) is 22.0 Å². The number of aromatic nitrogens is 1. The van der Waals surface area contributed by atoms with Crippen LogP contribution in [0.1, 0.15) is 23.3 Å². The van der Waals surface area contributed by atoms with Crippen molar-refractivity contribution in [3.63, 3.8) is 0 Å². The Hall–Kier alpha value is -1.82. The molecule has 3 rings (SSSR count). The second-order valence-electron chi connectivity index (χ2n) is 5.34. The van der Waals surface area contributed by atoms with Crippen LogP contribution in [0.4, 0.5) is 0 Å². The van der Waals surface area contributed by atoms with Gasteiger partial charge in [0.05, 0.1) is 5.92 Å². The summed E-state index contributed by atoms with van der Waals surface area (Å²) in [6.07, 6.45) is 1.37. The normalized spacial score (nSPS) is 18.9. The molecule has 1 aliphatic heterocycles. The topological polar surface area (TPSA) is 73.4 Å². The van der Waals surface area contributed by atoms with Crippen LogP contribution in [0.3, 0.4) is 0 Å². The smallest absolute Gasteiger partial charge is 0.308 e. The largest absolute Gasteiger partial charge is 0.481 e. The minimum absolute atomic E-state index is 0.131. The number of rotatable bonds is 2. The third kappa shape index (κ3) is 2.81. The SMILES string of the molecule is O=C(O)C1CCCN(C(=O)c2cc3ccc(Br)cc3[nH]2)C1. The first kappa shape index (κ1) is 14.1. The predicted octanol–water partition coefficient (Wildman–Crippen LogP) is 2.87. The number of benzene rings is 1. The van der Waals surface area contributed by atoms with Crippen molar-refractivity contribution < 1.29 is 14.7 Å². The van der Waals surface area contributed by atoms with Crippen LogP contribution in [0, 0.1) is 5.92 Å². The quantitative estimate of drug-likeness (QED) is 0.874. The van der Waals surface area contributed by atoms with Crippen LogP contribution < -0.4 is 0 Å². The van der Waals surface area contributed by atoms with E-state index < -0.39 is 11.9 Å². The highest BCUT2D eigenvalue weighted by Gasteiger charge is 2.29. The van der Waals surface area contributed by atoms with Crippen LogP contribution >= 0.6 is 15.9 Å². The summed E-state index contributed by atoms with van der Waals surface area (Å²) in [5.74, 6) is -1.41. The van der Waals surface area contributed by atoms with Gasteiger partial charge in [0.2, 0.25) is 0 Å². The van der Waals surface area contributed by atoms with E-state index >= 15 is 0 Å². The Kier molecular flexibility index (Phi) is 3.71. The third-order valence-corrected chi connectivity index (χ3v) is 4.37. The van der Waals surface area contributed by atoms with E-state index in [0.717, 1.165) is 21.8 Å². The number of carbonyl (C=O) groups is 2. The van der Waals surface area contributed by atoms with Crippen molar-refractivity contribution in [1.82, 2.24) is 9.88 Å². The molecule has 0 bridgehead atoms. The summed E-state index contributed by atoms with van der Waals surface area (Å²) in [5.41, 5.74) is 1.40. The molecule has 1 atom stereocenters. The first-order valence-corrected chi connectivity index (χ1v) is 7.64. The average Bonchev–Trinajstić information content (AvgIpc) is 2.89. The summed E-state index contributed by atoms with van der Waals surface area (Å²) < 4.78 is 0.944. The van der Waals surface area contributed by atoms with E-state index in [-0.39, 0.29) is 12.5 Å². The van der Waals surface area contributed by atoms with Crippen LogP contribution in [-0.2, 0) is 4.79 Å². The number of fused-ring (bicyclic) bond motifs is 1. The summed E-state index contributed by atoms with van der Waals surface area (Å²) in [7, 11) is 0. The van der Waals surface area contributed by atoms with E-state index in [4.69, 9.17) is 5.11 Å². The lowest BCUT2D eigenvalue weighted by Crippen LogP contribution is -2.42. The number of halogens is 1. The zero-order valence-corrected chi connectivity index (χ0v) is 12.9. The Morgan fingerprint density at radius 1 is 1.33 bits per heavy atom. The number of amides is 1. The van der Waals surface area contributed by atoms with Gasteiger partial charge in [-0.3, -0.25) is 9.59 Å². The Morgan fingerprint density at radius 3 is 2.90 bits per heavy atom. The van der Waals surface area contributed by atoms with Crippen molar-refractivity contribution >= 4 is 38.7 Å². The molecule has 6 heteroatoms. The molecule has 1 aromatic carbocycles. The van der Waals surface area contributed by atoms with E-state index in [1.807, 2.05) is 24.3 Å².